The maximum atomic E-state index is 3.42. The normalized spacial score (nSPS) is 16.3. The first-order chi connectivity index (χ1) is 11.7. The third-order valence-electron chi connectivity index (χ3n) is 4.34. The Morgan fingerprint density at radius 3 is 1.25 bits per heavy atom. The van der Waals surface area contributed by atoms with E-state index in [0.717, 1.165) is 0 Å². The van der Waals surface area contributed by atoms with Crippen molar-refractivity contribution in [2.75, 3.05) is 14.1 Å². The lowest BCUT2D eigenvalue weighted by atomic mass is 10.1. The van der Waals surface area contributed by atoms with Gasteiger partial charge in [0.25, 0.3) is 0 Å². The second kappa shape index (κ2) is 10.1. The first-order valence-corrected chi connectivity index (χ1v) is 10.7. The van der Waals surface area contributed by atoms with Crippen molar-refractivity contribution in [2.24, 2.45) is 0 Å². The van der Waals surface area contributed by atoms with Crippen molar-refractivity contribution in [1.82, 2.24) is 10.6 Å². The zero-order chi connectivity index (χ0) is 17.4. The molecule has 0 bridgehead atoms. The zero-order valence-corrected chi connectivity index (χ0v) is 16.5. The molecule has 0 saturated heterocycles. The summed E-state index contributed by atoms with van der Waals surface area (Å²) in [6.45, 7) is 4.51. The van der Waals surface area contributed by atoms with Crippen LogP contribution in [0.4, 0.5) is 0 Å². The van der Waals surface area contributed by atoms with Gasteiger partial charge in [0.05, 0.1) is 10.5 Å². The molecule has 2 N–H and O–H groups in total. The maximum absolute atomic E-state index is 3.42. The fourth-order valence-electron chi connectivity index (χ4n) is 2.56. The van der Waals surface area contributed by atoms with Gasteiger partial charge in [0.15, 0.2) is 0 Å². The van der Waals surface area contributed by atoms with Crippen LogP contribution in [0.2, 0.25) is 0 Å². The molecule has 0 unspecified atom stereocenters. The molecule has 0 aliphatic carbocycles. The van der Waals surface area contributed by atoms with Gasteiger partial charge in [-0.25, -0.2) is 0 Å². The summed E-state index contributed by atoms with van der Waals surface area (Å²) in [4.78, 5) is 0. The predicted octanol–water partition coefficient (Wildman–Crippen LogP) is 5.07. The second-order valence-corrected chi connectivity index (χ2v) is 8.57. The highest BCUT2D eigenvalue weighted by atomic mass is 33.1. The molecular weight excluding hydrogens is 332 g/mol. The predicted molar refractivity (Wildman–Crippen MR) is 111 cm³/mol. The second-order valence-electron chi connectivity index (χ2n) is 6.01. The molecule has 2 aromatic rings. The molecule has 0 aliphatic rings. The SMILES string of the molecule is CN[C@H](C)[C@@H](SS[C@@H](c1ccccc1)[C@@H](C)NC)c1ccccc1. The van der Waals surface area contributed by atoms with Gasteiger partial charge < -0.3 is 10.6 Å². The molecule has 2 rings (SSSR count). The van der Waals surface area contributed by atoms with Crippen molar-refractivity contribution in [3.63, 3.8) is 0 Å². The van der Waals surface area contributed by atoms with E-state index in [1.807, 2.05) is 35.7 Å². The lowest BCUT2D eigenvalue weighted by Crippen LogP contribution is -2.28. The molecule has 4 heteroatoms. The lowest BCUT2D eigenvalue weighted by Gasteiger charge is -2.28. The van der Waals surface area contributed by atoms with Gasteiger partial charge in [-0.3, -0.25) is 0 Å². The van der Waals surface area contributed by atoms with Gasteiger partial charge in [-0.15, -0.1) is 0 Å². The molecule has 0 amide bonds. The Kier molecular flexibility index (Phi) is 8.19. The third-order valence-corrected chi connectivity index (χ3v) is 7.80. The first-order valence-electron chi connectivity index (χ1n) is 8.44. The van der Waals surface area contributed by atoms with E-state index in [4.69, 9.17) is 0 Å². The van der Waals surface area contributed by atoms with Gasteiger partial charge in [-0.1, -0.05) is 82.3 Å². The van der Waals surface area contributed by atoms with Gasteiger partial charge in [0.1, 0.15) is 0 Å². The highest BCUT2D eigenvalue weighted by Gasteiger charge is 2.24. The summed E-state index contributed by atoms with van der Waals surface area (Å²) >= 11 is 0. The van der Waals surface area contributed by atoms with E-state index in [1.54, 1.807) is 0 Å². The van der Waals surface area contributed by atoms with Crippen LogP contribution in [0.1, 0.15) is 35.5 Å². The van der Waals surface area contributed by atoms with Crippen LogP contribution < -0.4 is 10.6 Å². The first kappa shape index (κ1) is 19.4. The number of likely N-dealkylation sites (N-methyl/N-ethyl adjacent to an activating group) is 2. The van der Waals surface area contributed by atoms with Crippen molar-refractivity contribution in [1.29, 1.82) is 0 Å². The van der Waals surface area contributed by atoms with Gasteiger partial charge in [-0.2, -0.15) is 0 Å². The van der Waals surface area contributed by atoms with E-state index in [2.05, 4.69) is 85.1 Å². The van der Waals surface area contributed by atoms with Crippen molar-refractivity contribution in [2.45, 2.75) is 36.4 Å². The molecule has 130 valence electrons. The fourth-order valence-corrected chi connectivity index (χ4v) is 6.33. The average molecular weight is 361 g/mol. The molecule has 0 saturated carbocycles. The molecule has 2 aromatic carbocycles. The minimum Gasteiger partial charge on any atom is -0.316 e. The van der Waals surface area contributed by atoms with E-state index in [9.17, 15) is 0 Å². The van der Waals surface area contributed by atoms with Gasteiger partial charge >= 0.3 is 0 Å². The van der Waals surface area contributed by atoms with E-state index >= 15 is 0 Å². The summed E-state index contributed by atoms with van der Waals surface area (Å²) in [5.74, 6) is 0. The highest BCUT2D eigenvalue weighted by molar-refractivity contribution is 8.76. The molecule has 0 aromatic heterocycles. The van der Waals surface area contributed by atoms with Crippen LogP contribution in [-0.4, -0.2) is 26.2 Å². The molecule has 0 fully saturated rings. The van der Waals surface area contributed by atoms with Crippen molar-refractivity contribution in [3.05, 3.63) is 71.8 Å². The summed E-state index contributed by atoms with van der Waals surface area (Å²) in [6, 6.07) is 22.4. The Morgan fingerprint density at radius 2 is 0.958 bits per heavy atom. The minimum atomic E-state index is 0.409. The highest BCUT2D eigenvalue weighted by Crippen LogP contribution is 2.48. The lowest BCUT2D eigenvalue weighted by molar-refractivity contribution is 0.596. The standard InChI is InChI=1S/C20H28N2S2/c1-15(21-3)19(17-11-7-5-8-12-17)23-24-20(16(2)22-4)18-13-9-6-10-14-18/h5-16,19-22H,1-4H3/t15-,16-,19-,20-/m1/s1. The van der Waals surface area contributed by atoms with Crippen LogP contribution >= 0.6 is 21.6 Å². The Labute approximate surface area is 154 Å². The molecule has 0 spiro atoms. The van der Waals surface area contributed by atoms with Crippen LogP contribution in [0, 0.1) is 0 Å². The minimum absolute atomic E-state index is 0.409. The molecule has 24 heavy (non-hydrogen) atoms. The molecule has 4 atom stereocenters. The Morgan fingerprint density at radius 1 is 0.625 bits per heavy atom. The van der Waals surface area contributed by atoms with Gasteiger partial charge in [0, 0.05) is 12.1 Å². The number of hydrogen-bond donors (Lipinski definition) is 2. The van der Waals surface area contributed by atoms with Gasteiger partial charge in [0.2, 0.25) is 0 Å². The summed E-state index contributed by atoms with van der Waals surface area (Å²) in [7, 11) is 8.01. The summed E-state index contributed by atoms with van der Waals surface area (Å²) in [6.07, 6.45) is 0. The van der Waals surface area contributed by atoms with Crippen molar-refractivity contribution in [3.8, 4) is 0 Å². The third kappa shape index (κ3) is 5.28. The Bertz CT molecular complexity index is 523. The summed E-state index contributed by atoms with van der Waals surface area (Å²) in [5.41, 5.74) is 2.75. The fraction of sp³-hybridized carbons (Fsp3) is 0.400. The van der Waals surface area contributed by atoms with Crippen LogP contribution in [0.5, 0.6) is 0 Å². The van der Waals surface area contributed by atoms with Crippen molar-refractivity contribution >= 4 is 21.6 Å². The molecule has 0 aliphatic heterocycles. The summed E-state index contributed by atoms with van der Waals surface area (Å²) < 4.78 is 0. The van der Waals surface area contributed by atoms with Gasteiger partial charge in [-0.05, 0) is 39.1 Å². The topological polar surface area (TPSA) is 24.1 Å². The molecular formula is C20H28N2S2. The number of benzene rings is 2. The van der Waals surface area contributed by atoms with E-state index in [-0.39, 0.29) is 0 Å². The monoisotopic (exact) mass is 360 g/mol. The molecule has 2 nitrogen and oxygen atoms in total. The van der Waals surface area contributed by atoms with E-state index in [1.165, 1.54) is 11.1 Å². The van der Waals surface area contributed by atoms with E-state index < -0.39 is 0 Å². The number of rotatable bonds is 9. The van der Waals surface area contributed by atoms with Crippen LogP contribution in [-0.2, 0) is 0 Å². The zero-order valence-electron chi connectivity index (χ0n) is 14.9. The largest absolute Gasteiger partial charge is 0.316 e. The van der Waals surface area contributed by atoms with Crippen LogP contribution in [0.3, 0.4) is 0 Å². The molecule has 0 radical (unpaired) electrons. The quantitative estimate of drug-likeness (QED) is 0.610. The summed E-state index contributed by atoms with van der Waals surface area (Å²) in [5, 5.41) is 7.67. The number of nitrogens with one attached hydrogen (secondary N) is 2. The average Bonchev–Trinajstić information content (AvgIpc) is 2.65. The van der Waals surface area contributed by atoms with Crippen molar-refractivity contribution < 1.29 is 0 Å². The van der Waals surface area contributed by atoms with E-state index in [0.29, 0.717) is 22.6 Å². The Hall–Kier alpha value is -0.940. The number of hydrogen-bond acceptors (Lipinski definition) is 4. The van der Waals surface area contributed by atoms with Crippen LogP contribution in [0.15, 0.2) is 60.7 Å². The molecule has 0 heterocycles. The van der Waals surface area contributed by atoms with Crippen LogP contribution in [0.25, 0.3) is 0 Å². The maximum Gasteiger partial charge on any atom is 0.0551 e. The Balaban J connectivity index is 2.15. The smallest absolute Gasteiger partial charge is 0.0551 e.